The van der Waals surface area contributed by atoms with E-state index in [0.717, 1.165) is 41.8 Å². The Labute approximate surface area is 126 Å². The summed E-state index contributed by atoms with van der Waals surface area (Å²) in [5.74, 6) is 0. The van der Waals surface area contributed by atoms with Crippen LogP contribution in [-0.2, 0) is 0 Å². The Kier molecular flexibility index (Phi) is 2.41. The molecule has 4 nitrogen and oxygen atoms in total. The van der Waals surface area contributed by atoms with Crippen LogP contribution in [0.25, 0.3) is 32.8 Å². The molecule has 0 atom stereocenters. The van der Waals surface area contributed by atoms with Crippen molar-refractivity contribution in [1.29, 1.82) is 0 Å². The highest BCUT2D eigenvalue weighted by Crippen LogP contribution is 2.37. The maximum atomic E-state index is 4.39. The van der Waals surface area contributed by atoms with Gasteiger partial charge in [0.15, 0.2) is 0 Å². The van der Waals surface area contributed by atoms with Gasteiger partial charge in [0.05, 0.1) is 23.5 Å². The lowest BCUT2D eigenvalue weighted by Crippen LogP contribution is -1.82. The van der Waals surface area contributed by atoms with Crippen LogP contribution in [-0.4, -0.2) is 17.5 Å². The van der Waals surface area contributed by atoms with Gasteiger partial charge in [0.1, 0.15) is 22.1 Å². The third-order valence-electron chi connectivity index (χ3n) is 2.76. The third kappa shape index (κ3) is 1.40. The van der Waals surface area contributed by atoms with Gasteiger partial charge in [-0.2, -0.15) is 17.5 Å². The van der Waals surface area contributed by atoms with Gasteiger partial charge in [-0.15, -0.1) is 0 Å². The number of aromatic nitrogens is 4. The van der Waals surface area contributed by atoms with Crippen molar-refractivity contribution in [2.24, 2.45) is 0 Å². The van der Waals surface area contributed by atoms with Crippen molar-refractivity contribution in [3.8, 4) is 0 Å². The Morgan fingerprint density at radius 1 is 0.722 bits per heavy atom. The summed E-state index contributed by atoms with van der Waals surface area (Å²) in [6.07, 6.45) is 0. The van der Waals surface area contributed by atoms with Crippen LogP contribution in [0, 0.1) is 0 Å². The predicted octanol–water partition coefficient (Wildman–Crippen LogP) is 4.37. The van der Waals surface area contributed by atoms with Crippen molar-refractivity contribution >= 4 is 88.2 Å². The van der Waals surface area contributed by atoms with Crippen LogP contribution in [0.1, 0.15) is 0 Å². The van der Waals surface area contributed by atoms with E-state index in [-0.39, 0.29) is 0 Å². The summed E-state index contributed by atoms with van der Waals surface area (Å²) in [6, 6.07) is 4.09. The zero-order valence-electron chi connectivity index (χ0n) is 8.52. The Bertz CT molecular complexity index is 843. The summed E-state index contributed by atoms with van der Waals surface area (Å²) < 4.78 is 19.3. The molecule has 0 radical (unpaired) electrons. The molecule has 2 heterocycles. The van der Waals surface area contributed by atoms with Crippen LogP contribution in [0.15, 0.2) is 21.1 Å². The minimum atomic E-state index is 0.879. The lowest BCUT2D eigenvalue weighted by molar-refractivity contribution is 1.62. The summed E-state index contributed by atoms with van der Waals surface area (Å²) >= 11 is 9.49. The smallest absolute Gasteiger partial charge is 0.119 e. The van der Waals surface area contributed by atoms with Gasteiger partial charge in [-0.05, 0) is 49.4 Å². The first-order valence-electron chi connectivity index (χ1n) is 4.91. The maximum absolute atomic E-state index is 4.39. The lowest BCUT2D eigenvalue weighted by atomic mass is 10.1. The van der Waals surface area contributed by atoms with E-state index < -0.39 is 0 Å². The van der Waals surface area contributed by atoms with Crippen molar-refractivity contribution in [2.45, 2.75) is 0 Å². The van der Waals surface area contributed by atoms with E-state index in [1.807, 2.05) is 12.1 Å². The van der Waals surface area contributed by atoms with Crippen LogP contribution in [0.4, 0.5) is 0 Å². The first kappa shape index (κ1) is 11.2. The zero-order chi connectivity index (χ0) is 12.3. The fraction of sp³-hybridized carbons (Fsp3) is 0. The Morgan fingerprint density at radius 3 is 1.67 bits per heavy atom. The second-order valence-corrected chi connectivity index (χ2v) is 6.50. The molecule has 0 saturated carbocycles. The molecule has 4 rings (SSSR count). The molecule has 0 fully saturated rings. The lowest BCUT2D eigenvalue weighted by Gasteiger charge is -2.02. The Balaban J connectivity index is 2.42. The van der Waals surface area contributed by atoms with Crippen LogP contribution >= 0.6 is 55.3 Å². The Morgan fingerprint density at radius 2 is 1.17 bits per heavy atom. The number of hydrogen-bond acceptors (Lipinski definition) is 6. The summed E-state index contributed by atoms with van der Waals surface area (Å²) in [5.41, 5.74) is 3.53. The molecule has 8 heteroatoms. The number of benzene rings is 2. The van der Waals surface area contributed by atoms with E-state index in [1.165, 1.54) is 23.5 Å². The van der Waals surface area contributed by atoms with Crippen LogP contribution in [0.2, 0.25) is 0 Å². The number of nitrogens with zero attached hydrogens (tertiary/aromatic N) is 4. The molecule has 0 aliphatic heterocycles. The van der Waals surface area contributed by atoms with Crippen molar-refractivity contribution in [1.82, 2.24) is 17.5 Å². The normalized spacial score (nSPS) is 11.9. The SMILES string of the molecule is Brc1cc2cc(Br)c3nsnc3c2c2nsnc12. The van der Waals surface area contributed by atoms with E-state index >= 15 is 0 Å². The van der Waals surface area contributed by atoms with Gasteiger partial charge < -0.3 is 0 Å². The highest BCUT2D eigenvalue weighted by molar-refractivity contribution is 9.11. The van der Waals surface area contributed by atoms with E-state index in [2.05, 4.69) is 49.4 Å². The monoisotopic (exact) mass is 400 g/mol. The van der Waals surface area contributed by atoms with Crippen molar-refractivity contribution in [3.05, 3.63) is 21.1 Å². The molecule has 18 heavy (non-hydrogen) atoms. The van der Waals surface area contributed by atoms with Gasteiger partial charge in [-0.3, -0.25) is 0 Å². The van der Waals surface area contributed by atoms with Gasteiger partial charge in [-0.1, -0.05) is 0 Å². The average Bonchev–Trinajstić information content (AvgIpc) is 2.96. The third-order valence-corrected chi connectivity index (χ3v) is 5.02. The Hall–Kier alpha value is -0.700. The van der Waals surface area contributed by atoms with Gasteiger partial charge >= 0.3 is 0 Å². The predicted molar refractivity (Wildman–Crippen MR) is 81.3 cm³/mol. The standard InChI is InChI=1S/C10H2Br2N4S2/c11-4-1-3-2-5(12)8-10(16-18-14-8)6(3)9-7(4)13-17-15-9/h1-2H. The van der Waals surface area contributed by atoms with E-state index in [1.54, 1.807) is 0 Å². The quantitative estimate of drug-likeness (QED) is 0.438. The van der Waals surface area contributed by atoms with Crippen molar-refractivity contribution in [2.75, 3.05) is 0 Å². The molecule has 2 aromatic heterocycles. The highest BCUT2D eigenvalue weighted by atomic mass is 79.9. The van der Waals surface area contributed by atoms with Crippen LogP contribution in [0.5, 0.6) is 0 Å². The summed E-state index contributed by atoms with van der Waals surface area (Å²) in [5, 5.41) is 2.10. The van der Waals surface area contributed by atoms with E-state index in [0.29, 0.717) is 0 Å². The second-order valence-electron chi connectivity index (χ2n) is 3.74. The maximum Gasteiger partial charge on any atom is 0.119 e. The molecule has 0 N–H and O–H groups in total. The summed E-state index contributed by atoms with van der Waals surface area (Å²) in [7, 11) is 0. The minimum absolute atomic E-state index is 0.879. The van der Waals surface area contributed by atoms with Gasteiger partial charge in [-0.25, -0.2) is 0 Å². The fourth-order valence-corrected chi connectivity index (χ4v) is 4.41. The van der Waals surface area contributed by atoms with E-state index in [9.17, 15) is 0 Å². The van der Waals surface area contributed by atoms with Gasteiger partial charge in [0.25, 0.3) is 0 Å². The molecule has 4 aromatic rings. The second kappa shape index (κ2) is 3.89. The number of rotatable bonds is 0. The molecular formula is C10H2Br2N4S2. The van der Waals surface area contributed by atoms with Crippen molar-refractivity contribution in [3.63, 3.8) is 0 Å². The average molecular weight is 402 g/mol. The molecule has 0 bridgehead atoms. The molecule has 2 aromatic carbocycles. The molecule has 0 aliphatic carbocycles. The molecular weight excluding hydrogens is 400 g/mol. The zero-order valence-corrected chi connectivity index (χ0v) is 13.3. The van der Waals surface area contributed by atoms with Crippen LogP contribution in [0.3, 0.4) is 0 Å². The van der Waals surface area contributed by atoms with Gasteiger partial charge in [0.2, 0.25) is 0 Å². The van der Waals surface area contributed by atoms with Crippen molar-refractivity contribution < 1.29 is 0 Å². The number of halogens is 2. The largest absolute Gasteiger partial charge is 0.172 e. The molecule has 0 unspecified atom stereocenters. The molecule has 0 spiro atoms. The first-order valence-corrected chi connectivity index (χ1v) is 7.95. The molecule has 88 valence electrons. The van der Waals surface area contributed by atoms with Crippen LogP contribution < -0.4 is 0 Å². The number of fused-ring (bicyclic) bond motifs is 5. The fourth-order valence-electron chi connectivity index (χ4n) is 2.00. The molecule has 0 saturated heterocycles. The van der Waals surface area contributed by atoms with Gasteiger partial charge in [0, 0.05) is 14.3 Å². The highest BCUT2D eigenvalue weighted by Gasteiger charge is 2.15. The van der Waals surface area contributed by atoms with E-state index in [4.69, 9.17) is 0 Å². The molecule has 0 aliphatic rings. The summed E-state index contributed by atoms with van der Waals surface area (Å²) in [6.45, 7) is 0. The first-order chi connectivity index (χ1) is 8.75. The summed E-state index contributed by atoms with van der Waals surface area (Å²) in [4.78, 5) is 0. The number of hydrogen-bond donors (Lipinski definition) is 0. The topological polar surface area (TPSA) is 51.6 Å². The molecule has 0 amide bonds. The minimum Gasteiger partial charge on any atom is -0.172 e.